The standard InChI is InChI=1S/C13H22N2O/c1-2-15(12-5-3-4-6-12)10-13-11(9-14)7-8-16-13/h7-8,12H,2-6,9-10,14H2,1H3. The summed E-state index contributed by atoms with van der Waals surface area (Å²) in [5, 5.41) is 0. The predicted octanol–water partition coefficient (Wildman–Crippen LogP) is 2.50. The van der Waals surface area contributed by atoms with E-state index in [4.69, 9.17) is 10.2 Å². The molecule has 2 rings (SSSR count). The minimum atomic E-state index is 0.577. The van der Waals surface area contributed by atoms with Crippen LogP contribution in [0.1, 0.15) is 43.9 Å². The van der Waals surface area contributed by atoms with Gasteiger partial charge in [0.15, 0.2) is 0 Å². The maximum Gasteiger partial charge on any atom is 0.122 e. The van der Waals surface area contributed by atoms with Crippen molar-refractivity contribution in [3.8, 4) is 0 Å². The highest BCUT2D eigenvalue weighted by molar-refractivity contribution is 5.16. The fraction of sp³-hybridized carbons (Fsp3) is 0.692. The molecule has 0 saturated heterocycles. The third-order valence-electron chi connectivity index (χ3n) is 3.65. The maximum absolute atomic E-state index is 5.69. The molecule has 1 saturated carbocycles. The van der Waals surface area contributed by atoms with E-state index in [1.807, 2.05) is 6.07 Å². The lowest BCUT2D eigenvalue weighted by Gasteiger charge is -2.26. The van der Waals surface area contributed by atoms with E-state index in [1.165, 1.54) is 25.7 Å². The van der Waals surface area contributed by atoms with E-state index in [2.05, 4.69) is 11.8 Å². The second-order valence-corrected chi connectivity index (χ2v) is 4.57. The summed E-state index contributed by atoms with van der Waals surface area (Å²) < 4.78 is 5.53. The Morgan fingerprint density at radius 2 is 2.19 bits per heavy atom. The van der Waals surface area contributed by atoms with Crippen LogP contribution in [0, 0.1) is 0 Å². The molecule has 16 heavy (non-hydrogen) atoms. The van der Waals surface area contributed by atoms with Crippen molar-refractivity contribution >= 4 is 0 Å². The lowest BCUT2D eigenvalue weighted by molar-refractivity contribution is 0.184. The van der Waals surface area contributed by atoms with Gasteiger partial charge in [-0.25, -0.2) is 0 Å². The van der Waals surface area contributed by atoms with Gasteiger partial charge in [-0.15, -0.1) is 0 Å². The van der Waals surface area contributed by atoms with Gasteiger partial charge in [-0.2, -0.15) is 0 Å². The van der Waals surface area contributed by atoms with E-state index in [0.717, 1.165) is 30.5 Å². The van der Waals surface area contributed by atoms with Crippen molar-refractivity contribution in [2.45, 2.75) is 51.7 Å². The summed E-state index contributed by atoms with van der Waals surface area (Å²) in [5.74, 6) is 1.05. The van der Waals surface area contributed by atoms with Crippen molar-refractivity contribution < 1.29 is 4.42 Å². The summed E-state index contributed by atoms with van der Waals surface area (Å²) in [7, 11) is 0. The van der Waals surface area contributed by atoms with Crippen molar-refractivity contribution in [3.05, 3.63) is 23.7 Å². The summed E-state index contributed by atoms with van der Waals surface area (Å²) in [6.07, 6.45) is 7.19. The molecule has 0 radical (unpaired) electrons. The molecule has 1 aliphatic carbocycles. The Kier molecular flexibility index (Phi) is 4.02. The van der Waals surface area contributed by atoms with Gasteiger partial charge < -0.3 is 10.2 Å². The Morgan fingerprint density at radius 3 is 2.81 bits per heavy atom. The van der Waals surface area contributed by atoms with Gasteiger partial charge >= 0.3 is 0 Å². The van der Waals surface area contributed by atoms with Crippen molar-refractivity contribution in [1.82, 2.24) is 4.90 Å². The van der Waals surface area contributed by atoms with Gasteiger partial charge in [0.25, 0.3) is 0 Å². The van der Waals surface area contributed by atoms with Gasteiger partial charge in [0.05, 0.1) is 12.8 Å². The number of rotatable bonds is 5. The van der Waals surface area contributed by atoms with Crippen LogP contribution in [-0.2, 0) is 13.1 Å². The monoisotopic (exact) mass is 222 g/mol. The number of nitrogens with zero attached hydrogens (tertiary/aromatic N) is 1. The molecule has 2 N–H and O–H groups in total. The molecule has 0 unspecified atom stereocenters. The van der Waals surface area contributed by atoms with E-state index in [-0.39, 0.29) is 0 Å². The highest BCUT2D eigenvalue weighted by Crippen LogP contribution is 2.25. The molecule has 0 aromatic carbocycles. The zero-order valence-corrected chi connectivity index (χ0v) is 10.1. The van der Waals surface area contributed by atoms with Gasteiger partial charge in [0, 0.05) is 18.2 Å². The van der Waals surface area contributed by atoms with Crippen LogP contribution >= 0.6 is 0 Å². The third-order valence-corrected chi connectivity index (χ3v) is 3.65. The molecule has 1 aliphatic rings. The number of hydrogen-bond acceptors (Lipinski definition) is 3. The van der Waals surface area contributed by atoms with E-state index in [9.17, 15) is 0 Å². The summed E-state index contributed by atoms with van der Waals surface area (Å²) in [6, 6.07) is 2.73. The van der Waals surface area contributed by atoms with Gasteiger partial charge in [-0.3, -0.25) is 4.90 Å². The average Bonchev–Trinajstić information content (AvgIpc) is 2.96. The molecule has 0 spiro atoms. The van der Waals surface area contributed by atoms with Gasteiger partial charge in [-0.05, 0) is 25.5 Å². The normalized spacial score (nSPS) is 17.4. The molecular weight excluding hydrogens is 200 g/mol. The van der Waals surface area contributed by atoms with Crippen molar-refractivity contribution in [3.63, 3.8) is 0 Å². The van der Waals surface area contributed by atoms with Crippen LogP contribution in [0.2, 0.25) is 0 Å². The number of hydrogen-bond donors (Lipinski definition) is 1. The van der Waals surface area contributed by atoms with E-state index in [1.54, 1.807) is 6.26 Å². The minimum absolute atomic E-state index is 0.577. The maximum atomic E-state index is 5.69. The molecule has 3 heteroatoms. The van der Waals surface area contributed by atoms with Crippen LogP contribution in [-0.4, -0.2) is 17.5 Å². The van der Waals surface area contributed by atoms with Crippen LogP contribution in [0.4, 0.5) is 0 Å². The summed E-state index contributed by atoms with van der Waals surface area (Å²) in [4.78, 5) is 2.52. The fourth-order valence-corrected chi connectivity index (χ4v) is 2.64. The second kappa shape index (κ2) is 5.51. The second-order valence-electron chi connectivity index (χ2n) is 4.57. The first-order chi connectivity index (χ1) is 7.85. The van der Waals surface area contributed by atoms with Crippen molar-refractivity contribution in [2.24, 2.45) is 5.73 Å². The summed E-state index contributed by atoms with van der Waals surface area (Å²) in [6.45, 7) is 4.81. The molecule has 0 aliphatic heterocycles. The quantitative estimate of drug-likeness (QED) is 0.832. The molecule has 0 atom stereocenters. The first-order valence-corrected chi connectivity index (χ1v) is 6.34. The Labute approximate surface area is 97.6 Å². The van der Waals surface area contributed by atoms with E-state index < -0.39 is 0 Å². The van der Waals surface area contributed by atoms with Crippen molar-refractivity contribution in [2.75, 3.05) is 6.54 Å². The lowest BCUT2D eigenvalue weighted by Crippen LogP contribution is -2.32. The molecule has 1 fully saturated rings. The van der Waals surface area contributed by atoms with E-state index >= 15 is 0 Å². The Morgan fingerprint density at radius 1 is 1.44 bits per heavy atom. The van der Waals surface area contributed by atoms with Crippen LogP contribution in [0.15, 0.2) is 16.7 Å². The Hall–Kier alpha value is -0.800. The topological polar surface area (TPSA) is 42.4 Å². The molecule has 0 bridgehead atoms. The van der Waals surface area contributed by atoms with Gasteiger partial charge in [-0.1, -0.05) is 19.8 Å². The van der Waals surface area contributed by atoms with Gasteiger partial charge in [0.2, 0.25) is 0 Å². The molecule has 1 aromatic heterocycles. The first kappa shape index (κ1) is 11.7. The average molecular weight is 222 g/mol. The molecule has 1 aromatic rings. The van der Waals surface area contributed by atoms with Crippen molar-refractivity contribution in [1.29, 1.82) is 0 Å². The van der Waals surface area contributed by atoms with Crippen LogP contribution in [0.25, 0.3) is 0 Å². The molecule has 0 amide bonds. The van der Waals surface area contributed by atoms with Gasteiger partial charge in [0.1, 0.15) is 5.76 Å². The highest BCUT2D eigenvalue weighted by Gasteiger charge is 2.22. The first-order valence-electron chi connectivity index (χ1n) is 6.34. The smallest absolute Gasteiger partial charge is 0.122 e. The highest BCUT2D eigenvalue weighted by atomic mass is 16.3. The predicted molar refractivity (Wildman–Crippen MR) is 64.9 cm³/mol. The lowest BCUT2D eigenvalue weighted by atomic mass is 10.2. The summed E-state index contributed by atoms with van der Waals surface area (Å²) >= 11 is 0. The molecular formula is C13H22N2O. The van der Waals surface area contributed by atoms with E-state index in [0.29, 0.717) is 6.54 Å². The molecule has 3 nitrogen and oxygen atoms in total. The third kappa shape index (κ3) is 2.47. The fourth-order valence-electron chi connectivity index (χ4n) is 2.64. The zero-order valence-electron chi connectivity index (χ0n) is 10.1. The Bertz CT molecular complexity index is 315. The van der Waals surface area contributed by atoms with Crippen LogP contribution in [0.3, 0.4) is 0 Å². The molecule has 90 valence electrons. The molecule has 1 heterocycles. The zero-order chi connectivity index (χ0) is 11.4. The SMILES string of the molecule is CCN(Cc1occc1CN)C1CCCC1. The minimum Gasteiger partial charge on any atom is -0.468 e. The van der Waals surface area contributed by atoms with Crippen LogP contribution in [0.5, 0.6) is 0 Å². The number of furan rings is 1. The van der Waals surface area contributed by atoms with Crippen LogP contribution < -0.4 is 5.73 Å². The largest absolute Gasteiger partial charge is 0.468 e. The summed E-state index contributed by atoms with van der Waals surface area (Å²) in [5.41, 5.74) is 6.84. The Balaban J connectivity index is 2.00. The number of nitrogens with two attached hydrogens (primary N) is 1.